The average molecular weight is 465 g/mol. The van der Waals surface area contributed by atoms with Crippen LogP contribution in [0.15, 0.2) is 60.9 Å². The van der Waals surface area contributed by atoms with E-state index in [1.165, 1.54) is 6.92 Å². The summed E-state index contributed by atoms with van der Waals surface area (Å²) in [7, 11) is 0. The molecule has 0 aliphatic carbocycles. The molecule has 1 unspecified atom stereocenters. The number of rotatable bonds is 2. The van der Waals surface area contributed by atoms with Gasteiger partial charge in [-0.2, -0.15) is 0 Å². The van der Waals surface area contributed by atoms with E-state index in [2.05, 4.69) is 56.3 Å². The van der Waals surface area contributed by atoms with Crippen molar-refractivity contribution in [1.82, 2.24) is 9.97 Å². The molecule has 0 radical (unpaired) electrons. The van der Waals surface area contributed by atoms with Gasteiger partial charge in [0, 0.05) is 48.1 Å². The third-order valence-electron chi connectivity index (χ3n) is 6.34. The van der Waals surface area contributed by atoms with Gasteiger partial charge in [0.25, 0.3) is 0 Å². The molecular formula is C28H24N4O3. The Labute approximate surface area is 203 Å². The van der Waals surface area contributed by atoms with Crippen LogP contribution in [0.5, 0.6) is 5.75 Å². The van der Waals surface area contributed by atoms with E-state index in [1.54, 1.807) is 0 Å². The molecule has 2 aromatic carbocycles. The molecule has 4 heterocycles. The summed E-state index contributed by atoms with van der Waals surface area (Å²) < 4.78 is 11.7. The fraction of sp³-hybridized carbons (Fsp3) is 0.214. The number of fused-ring (bicyclic) bond motifs is 4. The fourth-order valence-electron chi connectivity index (χ4n) is 4.59. The van der Waals surface area contributed by atoms with Crippen LogP contribution in [-0.2, 0) is 9.53 Å². The van der Waals surface area contributed by atoms with Gasteiger partial charge >= 0.3 is 0 Å². The first-order chi connectivity index (χ1) is 17.1. The number of nitrogens with zero attached hydrogens (tertiary/aromatic N) is 2. The van der Waals surface area contributed by atoms with Crippen molar-refractivity contribution in [2.45, 2.75) is 13.0 Å². The second kappa shape index (κ2) is 8.82. The number of anilines is 2. The Balaban J connectivity index is 1.29. The number of carbonyl (C=O) groups is 1. The van der Waals surface area contributed by atoms with E-state index in [1.807, 2.05) is 36.7 Å². The highest BCUT2D eigenvalue weighted by Gasteiger charge is 2.30. The number of aromatic nitrogens is 2. The number of benzene rings is 2. The number of carbonyl (C=O) groups excluding carboxylic acids is 1. The summed E-state index contributed by atoms with van der Waals surface area (Å²) in [6.45, 7) is 4.46. The topological polar surface area (TPSA) is 79.5 Å². The van der Waals surface area contributed by atoms with Crippen molar-refractivity contribution in [1.29, 1.82) is 0 Å². The molecule has 0 bridgehead atoms. The quantitative estimate of drug-likeness (QED) is 0.435. The molecule has 7 heteroatoms. The number of H-pyrrole nitrogens is 1. The number of hydrogen-bond donors (Lipinski definition) is 2. The van der Waals surface area contributed by atoms with Crippen LogP contribution in [0.2, 0.25) is 0 Å². The first-order valence-corrected chi connectivity index (χ1v) is 11.6. The van der Waals surface area contributed by atoms with Crippen molar-refractivity contribution >= 4 is 28.3 Å². The standard InChI is InChI=1S/C28H24N4O3/c1-18(33)31-23-7-3-19(4-8-23)2-5-21-14-29-28-25(21)12-22(15-30-28)20-6-9-26-27(13-20)35-17-24-16-34-11-10-32(24)26/h3-4,6-9,12-15,24H,10-11,16-17H2,1H3,(H,29,30)(H,31,33). The summed E-state index contributed by atoms with van der Waals surface area (Å²) in [6, 6.07) is 16.2. The Morgan fingerprint density at radius 1 is 1.11 bits per heavy atom. The first kappa shape index (κ1) is 21.3. The lowest BCUT2D eigenvalue weighted by atomic mass is 10.0. The normalized spacial score (nSPS) is 16.5. The summed E-state index contributed by atoms with van der Waals surface area (Å²) in [6.07, 6.45) is 3.76. The Morgan fingerprint density at radius 2 is 2.00 bits per heavy atom. The van der Waals surface area contributed by atoms with Crippen molar-refractivity contribution in [3.05, 3.63) is 72.1 Å². The van der Waals surface area contributed by atoms with E-state index in [-0.39, 0.29) is 11.9 Å². The van der Waals surface area contributed by atoms with Gasteiger partial charge in [-0.25, -0.2) is 4.98 Å². The molecule has 1 amide bonds. The third kappa shape index (κ3) is 4.20. The van der Waals surface area contributed by atoms with Crippen LogP contribution in [0.3, 0.4) is 0 Å². The molecule has 2 aliphatic rings. The van der Waals surface area contributed by atoms with Crippen LogP contribution in [0, 0.1) is 11.8 Å². The number of pyridine rings is 1. The van der Waals surface area contributed by atoms with Gasteiger partial charge in [0.15, 0.2) is 0 Å². The molecule has 0 spiro atoms. The number of hydrogen-bond acceptors (Lipinski definition) is 5. The summed E-state index contributed by atoms with van der Waals surface area (Å²) >= 11 is 0. The third-order valence-corrected chi connectivity index (χ3v) is 6.34. The van der Waals surface area contributed by atoms with E-state index in [9.17, 15) is 4.79 Å². The number of ether oxygens (including phenoxy) is 2. The summed E-state index contributed by atoms with van der Waals surface area (Å²) in [4.78, 5) is 21.4. The lowest BCUT2D eigenvalue weighted by molar-refractivity contribution is -0.114. The summed E-state index contributed by atoms with van der Waals surface area (Å²) in [5, 5.41) is 3.73. The molecule has 1 atom stereocenters. The second-order valence-corrected chi connectivity index (χ2v) is 8.75. The monoisotopic (exact) mass is 464 g/mol. The van der Waals surface area contributed by atoms with Crippen molar-refractivity contribution < 1.29 is 14.3 Å². The van der Waals surface area contributed by atoms with Gasteiger partial charge in [0.2, 0.25) is 5.91 Å². The number of morpholine rings is 1. The lowest BCUT2D eigenvalue weighted by Crippen LogP contribution is -2.51. The highest BCUT2D eigenvalue weighted by atomic mass is 16.5. The van der Waals surface area contributed by atoms with Crippen LogP contribution < -0.4 is 15.0 Å². The molecule has 1 saturated heterocycles. The first-order valence-electron chi connectivity index (χ1n) is 11.6. The Bertz CT molecular complexity index is 1480. The van der Waals surface area contributed by atoms with Crippen LogP contribution in [0.25, 0.3) is 22.2 Å². The van der Waals surface area contributed by atoms with Gasteiger partial charge in [-0.3, -0.25) is 4.79 Å². The average Bonchev–Trinajstić information content (AvgIpc) is 3.30. The van der Waals surface area contributed by atoms with Gasteiger partial charge in [0.1, 0.15) is 18.0 Å². The highest BCUT2D eigenvalue weighted by Crippen LogP contribution is 2.38. The molecule has 7 nitrogen and oxygen atoms in total. The van der Waals surface area contributed by atoms with Crippen molar-refractivity contribution in [2.24, 2.45) is 0 Å². The SMILES string of the molecule is CC(=O)Nc1ccc(C#Cc2c[nH]c3ncc(-c4ccc5c(c4)OCC4COCCN54)cc23)cc1. The van der Waals surface area contributed by atoms with Gasteiger partial charge in [-0.05, 0) is 48.0 Å². The maximum absolute atomic E-state index is 11.2. The maximum Gasteiger partial charge on any atom is 0.221 e. The van der Waals surface area contributed by atoms with Gasteiger partial charge in [0.05, 0.1) is 30.5 Å². The van der Waals surface area contributed by atoms with Gasteiger partial charge < -0.3 is 24.7 Å². The Kier molecular flexibility index (Phi) is 5.36. The molecule has 6 rings (SSSR count). The zero-order chi connectivity index (χ0) is 23.8. The number of aromatic amines is 1. The highest BCUT2D eigenvalue weighted by molar-refractivity contribution is 5.89. The molecular weight excluding hydrogens is 440 g/mol. The van der Waals surface area contributed by atoms with E-state index in [0.717, 1.165) is 63.6 Å². The molecule has 1 fully saturated rings. The number of amides is 1. The van der Waals surface area contributed by atoms with Crippen LogP contribution >= 0.6 is 0 Å². The van der Waals surface area contributed by atoms with Gasteiger partial charge in [-0.1, -0.05) is 17.9 Å². The molecule has 2 aliphatic heterocycles. The maximum atomic E-state index is 11.2. The molecule has 2 aromatic heterocycles. The van der Waals surface area contributed by atoms with Crippen molar-refractivity contribution in [3.8, 4) is 28.7 Å². The molecule has 4 aromatic rings. The van der Waals surface area contributed by atoms with E-state index in [4.69, 9.17) is 9.47 Å². The largest absolute Gasteiger partial charge is 0.489 e. The Hall–Kier alpha value is -4.28. The minimum Gasteiger partial charge on any atom is -0.489 e. The van der Waals surface area contributed by atoms with E-state index in [0.29, 0.717) is 13.2 Å². The smallest absolute Gasteiger partial charge is 0.221 e. The predicted octanol–water partition coefficient (Wildman–Crippen LogP) is 4.19. The molecule has 35 heavy (non-hydrogen) atoms. The van der Waals surface area contributed by atoms with Crippen LogP contribution in [0.1, 0.15) is 18.1 Å². The fourth-order valence-corrected chi connectivity index (χ4v) is 4.59. The van der Waals surface area contributed by atoms with Gasteiger partial charge in [-0.15, -0.1) is 0 Å². The zero-order valence-corrected chi connectivity index (χ0v) is 19.3. The Morgan fingerprint density at radius 3 is 2.86 bits per heavy atom. The predicted molar refractivity (Wildman–Crippen MR) is 136 cm³/mol. The van der Waals surface area contributed by atoms with E-state index < -0.39 is 0 Å². The summed E-state index contributed by atoms with van der Waals surface area (Å²) in [5.74, 6) is 7.26. The van der Waals surface area contributed by atoms with Crippen molar-refractivity contribution in [3.63, 3.8) is 0 Å². The number of nitrogens with one attached hydrogen (secondary N) is 2. The molecule has 174 valence electrons. The minimum absolute atomic E-state index is 0.0956. The summed E-state index contributed by atoms with van der Waals surface area (Å²) in [5.41, 5.74) is 6.48. The zero-order valence-electron chi connectivity index (χ0n) is 19.3. The molecule has 2 N–H and O–H groups in total. The van der Waals surface area contributed by atoms with Crippen LogP contribution in [-0.4, -0.2) is 48.3 Å². The lowest BCUT2D eigenvalue weighted by Gasteiger charge is -2.41. The second-order valence-electron chi connectivity index (χ2n) is 8.75. The minimum atomic E-state index is -0.0956. The molecule has 0 saturated carbocycles. The van der Waals surface area contributed by atoms with Crippen LogP contribution in [0.4, 0.5) is 11.4 Å². The van der Waals surface area contributed by atoms with Crippen molar-refractivity contribution in [2.75, 3.05) is 36.6 Å². The van der Waals surface area contributed by atoms with E-state index >= 15 is 0 Å².